The summed E-state index contributed by atoms with van der Waals surface area (Å²) in [5, 5.41) is 3.02. The molecule has 2 atom stereocenters. The van der Waals surface area contributed by atoms with Crippen LogP contribution in [0.4, 0.5) is 0 Å². The van der Waals surface area contributed by atoms with Gasteiger partial charge in [0, 0.05) is 12.1 Å². The van der Waals surface area contributed by atoms with Crippen LogP contribution in [0.3, 0.4) is 0 Å². The molecular formula is C15H28N2O3. The van der Waals surface area contributed by atoms with Crippen LogP contribution in [0.15, 0.2) is 0 Å². The lowest BCUT2D eigenvalue weighted by Crippen LogP contribution is -2.47. The van der Waals surface area contributed by atoms with Crippen molar-refractivity contribution >= 4 is 11.9 Å². The second-order valence-corrected chi connectivity index (χ2v) is 5.66. The van der Waals surface area contributed by atoms with Crippen LogP contribution in [0.25, 0.3) is 0 Å². The highest BCUT2D eigenvalue weighted by molar-refractivity contribution is 5.78. The zero-order valence-corrected chi connectivity index (χ0v) is 13.0. The Morgan fingerprint density at radius 3 is 2.80 bits per heavy atom. The predicted octanol–water partition coefficient (Wildman–Crippen LogP) is 1.71. The first-order valence-electron chi connectivity index (χ1n) is 7.67. The molecule has 1 rings (SSSR count). The van der Waals surface area contributed by atoms with E-state index in [1.165, 1.54) is 7.11 Å². The summed E-state index contributed by atoms with van der Waals surface area (Å²) in [6.45, 7) is 5.41. The quantitative estimate of drug-likeness (QED) is 0.723. The third-order valence-corrected chi connectivity index (χ3v) is 3.85. The van der Waals surface area contributed by atoms with Gasteiger partial charge >= 0.3 is 5.97 Å². The van der Waals surface area contributed by atoms with E-state index in [-0.39, 0.29) is 24.0 Å². The standard InChI is InChI=1S/C15H28N2O3/c1-4-7-12(2)16-14(18)11-17-9-6-5-8-13(17)10-15(19)20-3/h12-13H,4-11H2,1-3H3,(H,16,18). The first-order valence-corrected chi connectivity index (χ1v) is 7.67. The third-order valence-electron chi connectivity index (χ3n) is 3.85. The minimum absolute atomic E-state index is 0.0581. The van der Waals surface area contributed by atoms with Gasteiger partial charge in [0.15, 0.2) is 0 Å². The Morgan fingerprint density at radius 1 is 1.40 bits per heavy atom. The zero-order valence-electron chi connectivity index (χ0n) is 13.0. The van der Waals surface area contributed by atoms with Gasteiger partial charge in [0.2, 0.25) is 5.91 Å². The first-order chi connectivity index (χ1) is 9.56. The average Bonchev–Trinajstić information content (AvgIpc) is 2.40. The fourth-order valence-corrected chi connectivity index (χ4v) is 2.79. The van der Waals surface area contributed by atoms with E-state index in [0.29, 0.717) is 13.0 Å². The van der Waals surface area contributed by atoms with Crippen LogP contribution in [0, 0.1) is 0 Å². The Hall–Kier alpha value is -1.10. The molecule has 0 aromatic heterocycles. The van der Waals surface area contributed by atoms with Crippen molar-refractivity contribution in [3.63, 3.8) is 0 Å². The van der Waals surface area contributed by atoms with Gasteiger partial charge in [0.25, 0.3) is 0 Å². The van der Waals surface area contributed by atoms with Crippen LogP contribution in [0.1, 0.15) is 52.4 Å². The molecule has 5 nitrogen and oxygen atoms in total. The van der Waals surface area contributed by atoms with Crippen molar-refractivity contribution in [3.8, 4) is 0 Å². The van der Waals surface area contributed by atoms with Crippen molar-refractivity contribution in [2.24, 2.45) is 0 Å². The number of amides is 1. The van der Waals surface area contributed by atoms with E-state index >= 15 is 0 Å². The van der Waals surface area contributed by atoms with Crippen molar-refractivity contribution in [2.45, 2.75) is 64.5 Å². The van der Waals surface area contributed by atoms with Gasteiger partial charge in [0.1, 0.15) is 0 Å². The largest absolute Gasteiger partial charge is 0.469 e. The lowest BCUT2D eigenvalue weighted by molar-refractivity contribution is -0.143. The van der Waals surface area contributed by atoms with Gasteiger partial charge in [-0.2, -0.15) is 0 Å². The fraction of sp³-hybridized carbons (Fsp3) is 0.867. The average molecular weight is 284 g/mol. The monoisotopic (exact) mass is 284 g/mol. The number of carbonyl (C=O) groups is 2. The topological polar surface area (TPSA) is 58.6 Å². The molecule has 0 spiro atoms. The lowest BCUT2D eigenvalue weighted by atomic mass is 9.99. The van der Waals surface area contributed by atoms with Crippen LogP contribution >= 0.6 is 0 Å². The van der Waals surface area contributed by atoms with Gasteiger partial charge in [-0.25, -0.2) is 0 Å². The van der Waals surface area contributed by atoms with Crippen molar-refractivity contribution in [1.29, 1.82) is 0 Å². The van der Waals surface area contributed by atoms with Crippen LogP contribution < -0.4 is 5.32 Å². The van der Waals surface area contributed by atoms with Gasteiger partial charge in [-0.05, 0) is 32.7 Å². The van der Waals surface area contributed by atoms with E-state index in [1.807, 2.05) is 6.92 Å². The minimum atomic E-state index is -0.193. The molecule has 116 valence electrons. The molecule has 0 bridgehead atoms. The minimum Gasteiger partial charge on any atom is -0.469 e. The van der Waals surface area contributed by atoms with Crippen molar-refractivity contribution in [2.75, 3.05) is 20.2 Å². The van der Waals surface area contributed by atoms with Gasteiger partial charge < -0.3 is 10.1 Å². The van der Waals surface area contributed by atoms with Crippen molar-refractivity contribution in [1.82, 2.24) is 10.2 Å². The highest BCUT2D eigenvalue weighted by atomic mass is 16.5. The number of methoxy groups -OCH3 is 1. The number of esters is 1. The summed E-state index contributed by atoms with van der Waals surface area (Å²) in [4.78, 5) is 25.6. The molecule has 0 aliphatic carbocycles. The molecule has 1 N–H and O–H groups in total. The number of carbonyl (C=O) groups excluding carboxylic acids is 2. The van der Waals surface area contributed by atoms with Crippen LogP contribution in [0.2, 0.25) is 0 Å². The number of rotatable bonds is 7. The first kappa shape index (κ1) is 17.0. The van der Waals surface area contributed by atoms with Gasteiger partial charge in [-0.3, -0.25) is 14.5 Å². The normalized spacial score (nSPS) is 21.2. The molecule has 20 heavy (non-hydrogen) atoms. The molecule has 1 aliphatic heterocycles. The van der Waals surface area contributed by atoms with Crippen molar-refractivity contribution < 1.29 is 14.3 Å². The number of nitrogens with zero attached hydrogens (tertiary/aromatic N) is 1. The zero-order chi connectivity index (χ0) is 15.0. The maximum Gasteiger partial charge on any atom is 0.307 e. The van der Waals surface area contributed by atoms with Crippen LogP contribution in [0.5, 0.6) is 0 Å². The molecule has 1 saturated heterocycles. The van der Waals surface area contributed by atoms with E-state index in [0.717, 1.165) is 38.6 Å². The summed E-state index contributed by atoms with van der Waals surface area (Å²) in [5.74, 6) is -0.135. The van der Waals surface area contributed by atoms with E-state index in [9.17, 15) is 9.59 Å². The second kappa shape index (κ2) is 8.95. The summed E-state index contributed by atoms with van der Waals surface area (Å²) in [7, 11) is 1.41. The number of likely N-dealkylation sites (tertiary alicyclic amines) is 1. The molecular weight excluding hydrogens is 256 g/mol. The summed E-state index contributed by atoms with van der Waals surface area (Å²) < 4.78 is 4.74. The Morgan fingerprint density at radius 2 is 2.15 bits per heavy atom. The Kier molecular flexibility index (Phi) is 7.59. The molecule has 0 aromatic rings. The molecule has 5 heteroatoms. The molecule has 0 aromatic carbocycles. The fourth-order valence-electron chi connectivity index (χ4n) is 2.79. The summed E-state index contributed by atoms with van der Waals surface area (Å²) in [6.07, 6.45) is 5.62. The van der Waals surface area contributed by atoms with Gasteiger partial charge in [-0.1, -0.05) is 19.8 Å². The summed E-state index contributed by atoms with van der Waals surface area (Å²) in [6, 6.07) is 0.361. The lowest BCUT2D eigenvalue weighted by Gasteiger charge is -2.34. The molecule has 1 fully saturated rings. The van der Waals surface area contributed by atoms with Crippen molar-refractivity contribution in [3.05, 3.63) is 0 Å². The maximum atomic E-state index is 12.0. The Labute approximate surface area is 122 Å². The van der Waals surface area contributed by atoms with Gasteiger partial charge in [-0.15, -0.1) is 0 Å². The van der Waals surface area contributed by atoms with Crippen LogP contribution in [-0.4, -0.2) is 49.1 Å². The number of hydrogen-bond donors (Lipinski definition) is 1. The van der Waals surface area contributed by atoms with E-state index < -0.39 is 0 Å². The highest BCUT2D eigenvalue weighted by Crippen LogP contribution is 2.19. The SMILES string of the molecule is CCCC(C)NC(=O)CN1CCCCC1CC(=O)OC. The number of piperidine rings is 1. The highest BCUT2D eigenvalue weighted by Gasteiger charge is 2.26. The summed E-state index contributed by atoms with van der Waals surface area (Å²) in [5.41, 5.74) is 0. The Balaban J connectivity index is 2.45. The maximum absolute atomic E-state index is 12.0. The molecule has 0 radical (unpaired) electrons. The molecule has 0 saturated carbocycles. The smallest absolute Gasteiger partial charge is 0.307 e. The van der Waals surface area contributed by atoms with Gasteiger partial charge in [0.05, 0.1) is 20.1 Å². The van der Waals surface area contributed by atoms with E-state index in [2.05, 4.69) is 17.1 Å². The molecule has 1 aliphatic rings. The third kappa shape index (κ3) is 5.90. The predicted molar refractivity (Wildman–Crippen MR) is 78.4 cm³/mol. The Bertz CT molecular complexity index is 320. The molecule has 2 unspecified atom stereocenters. The summed E-state index contributed by atoms with van der Waals surface area (Å²) >= 11 is 0. The number of nitrogens with one attached hydrogen (secondary N) is 1. The number of hydrogen-bond acceptors (Lipinski definition) is 4. The van der Waals surface area contributed by atoms with Crippen LogP contribution in [-0.2, 0) is 14.3 Å². The second-order valence-electron chi connectivity index (χ2n) is 5.66. The molecule has 1 amide bonds. The van der Waals surface area contributed by atoms with E-state index in [1.54, 1.807) is 0 Å². The van der Waals surface area contributed by atoms with E-state index in [4.69, 9.17) is 4.74 Å². The molecule has 1 heterocycles. The number of ether oxygens (including phenoxy) is 1.